The van der Waals surface area contributed by atoms with Crippen LogP contribution in [-0.4, -0.2) is 41.3 Å². The number of thiophene rings is 1. The van der Waals surface area contributed by atoms with Crippen LogP contribution in [0.4, 0.5) is 0 Å². The van der Waals surface area contributed by atoms with Crippen molar-refractivity contribution in [1.82, 2.24) is 19.2 Å². The minimum atomic E-state index is -3.42. The Morgan fingerprint density at radius 3 is 2.68 bits per heavy atom. The van der Waals surface area contributed by atoms with Crippen molar-refractivity contribution in [3.8, 4) is 0 Å². The summed E-state index contributed by atoms with van der Waals surface area (Å²) in [6.07, 6.45) is 1.97. The Morgan fingerprint density at radius 1 is 1.18 bits per heavy atom. The van der Waals surface area contributed by atoms with Crippen LogP contribution in [-0.2, 0) is 34.8 Å². The first-order chi connectivity index (χ1) is 13.4. The molecule has 1 saturated heterocycles. The molecule has 1 N–H and O–H groups in total. The maximum Gasteiger partial charge on any atom is 0.252 e. The van der Waals surface area contributed by atoms with Gasteiger partial charge in [0.05, 0.1) is 24.0 Å². The lowest BCUT2D eigenvalue weighted by atomic mass is 10.3. The van der Waals surface area contributed by atoms with Crippen LogP contribution in [0.15, 0.2) is 40.6 Å². The first-order valence-corrected chi connectivity index (χ1v) is 11.5. The Bertz CT molecular complexity index is 1110. The molecule has 2 aromatic heterocycles. The van der Waals surface area contributed by atoms with Gasteiger partial charge in [0.1, 0.15) is 10.0 Å². The van der Waals surface area contributed by atoms with Crippen molar-refractivity contribution >= 4 is 38.3 Å². The largest absolute Gasteiger partial charge is 0.349 e. The molecule has 28 heavy (non-hydrogen) atoms. The number of hydrogen-bond acceptors (Lipinski definition) is 5. The lowest BCUT2D eigenvalue weighted by molar-refractivity contribution is -0.120. The van der Waals surface area contributed by atoms with E-state index < -0.39 is 10.0 Å². The third-order valence-electron chi connectivity index (χ3n) is 4.95. The number of aryl methyl sites for hydroxylation is 1. The van der Waals surface area contributed by atoms with Crippen molar-refractivity contribution < 1.29 is 13.2 Å². The van der Waals surface area contributed by atoms with E-state index in [0.717, 1.165) is 34.6 Å². The quantitative estimate of drug-likeness (QED) is 0.666. The van der Waals surface area contributed by atoms with E-state index in [9.17, 15) is 13.2 Å². The van der Waals surface area contributed by atoms with Crippen LogP contribution in [0.2, 0.25) is 0 Å². The van der Waals surface area contributed by atoms with Crippen molar-refractivity contribution in [3.05, 3.63) is 47.1 Å². The van der Waals surface area contributed by atoms with Crippen LogP contribution >= 0.6 is 11.3 Å². The number of hydrogen-bond donors (Lipinski definition) is 1. The third kappa shape index (κ3) is 3.69. The highest BCUT2D eigenvalue weighted by atomic mass is 32.2. The summed E-state index contributed by atoms with van der Waals surface area (Å²) < 4.78 is 29.0. The minimum absolute atomic E-state index is 0.154. The van der Waals surface area contributed by atoms with Gasteiger partial charge in [-0.15, -0.1) is 11.3 Å². The Kier molecular flexibility index (Phi) is 5.22. The summed E-state index contributed by atoms with van der Waals surface area (Å²) in [6, 6.07) is 11.1. The van der Waals surface area contributed by atoms with Gasteiger partial charge in [-0.2, -0.15) is 4.31 Å². The Balaban J connectivity index is 1.39. The number of para-hydroxylation sites is 2. The van der Waals surface area contributed by atoms with Gasteiger partial charge in [0, 0.05) is 25.0 Å². The van der Waals surface area contributed by atoms with Gasteiger partial charge in [-0.1, -0.05) is 12.1 Å². The molecular weight excluding hydrogens is 396 g/mol. The second-order valence-electron chi connectivity index (χ2n) is 6.86. The van der Waals surface area contributed by atoms with Crippen molar-refractivity contribution in [2.75, 3.05) is 13.1 Å². The zero-order chi connectivity index (χ0) is 19.7. The molecule has 0 atom stereocenters. The highest BCUT2D eigenvalue weighted by molar-refractivity contribution is 7.91. The van der Waals surface area contributed by atoms with Crippen molar-refractivity contribution in [1.29, 1.82) is 0 Å². The first kappa shape index (κ1) is 19.1. The maximum atomic E-state index is 12.6. The standard InChI is InChI=1S/C19H22N4O3S2/c1-22-16-7-3-2-6-15(16)21-17(22)13-20-18(24)12-14-8-9-19(27-14)28(25,26)23-10-4-5-11-23/h2-3,6-9H,4-5,10-13H2,1H3,(H,20,24). The average molecular weight is 419 g/mol. The molecule has 1 fully saturated rings. The molecule has 9 heteroatoms. The number of carbonyl (C=O) groups is 1. The van der Waals surface area contributed by atoms with Gasteiger partial charge in [-0.05, 0) is 37.1 Å². The molecule has 7 nitrogen and oxygen atoms in total. The summed E-state index contributed by atoms with van der Waals surface area (Å²) >= 11 is 1.17. The fourth-order valence-electron chi connectivity index (χ4n) is 3.40. The van der Waals surface area contributed by atoms with E-state index in [1.54, 1.807) is 12.1 Å². The molecule has 0 radical (unpaired) electrons. The topological polar surface area (TPSA) is 84.3 Å². The number of fused-ring (bicyclic) bond motifs is 1. The van der Waals surface area contributed by atoms with Crippen LogP contribution in [0, 0.1) is 0 Å². The van der Waals surface area contributed by atoms with E-state index in [1.165, 1.54) is 15.6 Å². The van der Waals surface area contributed by atoms with E-state index in [4.69, 9.17) is 0 Å². The number of benzene rings is 1. The van der Waals surface area contributed by atoms with Crippen LogP contribution in [0.5, 0.6) is 0 Å². The van der Waals surface area contributed by atoms with Crippen molar-refractivity contribution in [2.45, 2.75) is 30.0 Å². The van der Waals surface area contributed by atoms with Gasteiger partial charge < -0.3 is 9.88 Å². The van der Waals surface area contributed by atoms with Gasteiger partial charge in [-0.25, -0.2) is 13.4 Å². The molecule has 0 aliphatic carbocycles. The van der Waals surface area contributed by atoms with Crippen LogP contribution in [0.1, 0.15) is 23.5 Å². The molecule has 4 rings (SSSR count). The van der Waals surface area contributed by atoms with Gasteiger partial charge in [0.2, 0.25) is 5.91 Å². The van der Waals surface area contributed by atoms with Crippen molar-refractivity contribution in [3.63, 3.8) is 0 Å². The molecule has 1 aliphatic heterocycles. The number of amides is 1. The number of aromatic nitrogens is 2. The predicted octanol–water partition coefficient (Wildman–Crippen LogP) is 2.28. The lowest BCUT2D eigenvalue weighted by Crippen LogP contribution is -2.27. The number of nitrogens with zero attached hydrogens (tertiary/aromatic N) is 3. The summed E-state index contributed by atoms with van der Waals surface area (Å²) in [5, 5.41) is 2.88. The number of sulfonamides is 1. The van der Waals surface area contributed by atoms with Gasteiger partial charge in [-0.3, -0.25) is 4.79 Å². The predicted molar refractivity (Wildman–Crippen MR) is 109 cm³/mol. The fourth-order valence-corrected chi connectivity index (χ4v) is 6.43. The van der Waals surface area contributed by atoms with Gasteiger partial charge in [0.25, 0.3) is 10.0 Å². The SMILES string of the molecule is Cn1c(CNC(=O)Cc2ccc(S(=O)(=O)N3CCCC3)s2)nc2ccccc21. The summed E-state index contributed by atoms with van der Waals surface area (Å²) in [5.41, 5.74) is 1.91. The normalized spacial score (nSPS) is 15.3. The number of carbonyl (C=O) groups excluding carboxylic acids is 1. The highest BCUT2D eigenvalue weighted by Crippen LogP contribution is 2.27. The zero-order valence-electron chi connectivity index (χ0n) is 15.6. The molecule has 0 spiro atoms. The number of nitrogens with one attached hydrogen (secondary N) is 1. The van der Waals surface area contributed by atoms with E-state index in [2.05, 4.69) is 10.3 Å². The molecule has 148 valence electrons. The number of imidazole rings is 1. The zero-order valence-corrected chi connectivity index (χ0v) is 17.2. The Labute approximate surface area is 168 Å². The van der Waals surface area contributed by atoms with Gasteiger partial charge in [0.15, 0.2) is 0 Å². The summed E-state index contributed by atoms with van der Waals surface area (Å²) in [7, 11) is -1.50. The minimum Gasteiger partial charge on any atom is -0.349 e. The fraction of sp³-hybridized carbons (Fsp3) is 0.368. The van der Waals surface area contributed by atoms with Gasteiger partial charge >= 0.3 is 0 Å². The Hall–Kier alpha value is -2.23. The maximum absolute atomic E-state index is 12.6. The monoisotopic (exact) mass is 418 g/mol. The van der Waals surface area contributed by atoms with E-state index in [0.29, 0.717) is 23.8 Å². The molecule has 1 aromatic carbocycles. The van der Waals surface area contributed by atoms with E-state index >= 15 is 0 Å². The molecule has 3 heterocycles. The molecule has 1 amide bonds. The second kappa shape index (κ2) is 7.65. The first-order valence-electron chi connectivity index (χ1n) is 9.21. The van der Waals surface area contributed by atoms with E-state index in [1.807, 2.05) is 35.9 Å². The average Bonchev–Trinajstić information content (AvgIpc) is 3.41. The molecular formula is C19H22N4O3S2. The highest BCUT2D eigenvalue weighted by Gasteiger charge is 2.28. The second-order valence-corrected chi connectivity index (χ2v) is 10.2. The third-order valence-corrected chi connectivity index (χ3v) is 8.41. The smallest absolute Gasteiger partial charge is 0.252 e. The molecule has 0 bridgehead atoms. The summed E-state index contributed by atoms with van der Waals surface area (Å²) in [6.45, 7) is 1.48. The van der Waals surface area contributed by atoms with Crippen LogP contribution in [0.25, 0.3) is 11.0 Å². The van der Waals surface area contributed by atoms with Crippen molar-refractivity contribution in [2.24, 2.45) is 7.05 Å². The van der Waals surface area contributed by atoms with Crippen LogP contribution in [0.3, 0.4) is 0 Å². The molecule has 3 aromatic rings. The number of rotatable bonds is 6. The molecule has 1 aliphatic rings. The summed E-state index contributed by atoms with van der Waals surface area (Å²) in [4.78, 5) is 17.6. The molecule has 0 unspecified atom stereocenters. The van der Waals surface area contributed by atoms with E-state index in [-0.39, 0.29) is 12.3 Å². The molecule has 0 saturated carbocycles. The van der Waals surface area contributed by atoms with Crippen LogP contribution < -0.4 is 5.32 Å². The lowest BCUT2D eigenvalue weighted by Gasteiger charge is -2.13. The Morgan fingerprint density at radius 2 is 1.93 bits per heavy atom. The summed E-state index contributed by atoms with van der Waals surface area (Å²) in [5.74, 6) is 0.622.